The summed E-state index contributed by atoms with van der Waals surface area (Å²) in [6, 6.07) is -0.0735. The Morgan fingerprint density at radius 3 is 2.90 bits per heavy atom. The van der Waals surface area contributed by atoms with Gasteiger partial charge in [0.2, 0.25) is 5.91 Å². The van der Waals surface area contributed by atoms with Gasteiger partial charge < -0.3 is 25.0 Å². The van der Waals surface area contributed by atoms with Gasteiger partial charge in [-0.1, -0.05) is 0 Å². The van der Waals surface area contributed by atoms with Crippen LogP contribution in [0.3, 0.4) is 0 Å². The summed E-state index contributed by atoms with van der Waals surface area (Å²) in [6.07, 6.45) is 5.98. The van der Waals surface area contributed by atoms with E-state index < -0.39 is 0 Å². The number of fused-ring (bicyclic) bond motifs is 1. The molecule has 0 aromatic heterocycles. The first-order valence-corrected chi connectivity index (χ1v) is 10.6. The second kappa shape index (κ2) is 7.00. The minimum absolute atomic E-state index is 0.00632. The number of carbonyl (C=O) groups is 2. The molecule has 2 aliphatic carbocycles. The molecule has 0 aromatic rings. The van der Waals surface area contributed by atoms with Crippen LogP contribution in [-0.2, 0) is 9.53 Å². The summed E-state index contributed by atoms with van der Waals surface area (Å²) in [5.74, 6) is 0.210. The first kappa shape index (κ1) is 18.9. The van der Waals surface area contributed by atoms with Gasteiger partial charge in [-0.2, -0.15) is 0 Å². The fourth-order valence-electron chi connectivity index (χ4n) is 5.79. The van der Waals surface area contributed by atoms with E-state index in [-0.39, 0.29) is 47.7 Å². The van der Waals surface area contributed by atoms with Crippen LogP contribution < -0.4 is 5.32 Å². The van der Waals surface area contributed by atoms with Crippen LogP contribution in [0, 0.1) is 11.3 Å². The van der Waals surface area contributed by atoms with Gasteiger partial charge in [0.25, 0.3) is 0 Å². The lowest BCUT2D eigenvalue weighted by molar-refractivity contribution is -0.140. The van der Waals surface area contributed by atoms with Gasteiger partial charge >= 0.3 is 6.03 Å². The number of amides is 3. The second-order valence-electron chi connectivity index (χ2n) is 9.39. The molecule has 29 heavy (non-hydrogen) atoms. The maximum absolute atomic E-state index is 14.0. The molecule has 5 rings (SSSR count). The number of morpholine rings is 1. The van der Waals surface area contributed by atoms with Gasteiger partial charge in [-0.25, -0.2) is 9.18 Å². The van der Waals surface area contributed by atoms with Gasteiger partial charge in [0.1, 0.15) is 18.2 Å². The van der Waals surface area contributed by atoms with Gasteiger partial charge in [0.05, 0.1) is 12.1 Å². The van der Waals surface area contributed by atoms with Crippen LogP contribution in [0.1, 0.15) is 38.5 Å². The van der Waals surface area contributed by atoms with Crippen molar-refractivity contribution in [2.24, 2.45) is 11.3 Å². The third-order valence-corrected chi connectivity index (χ3v) is 7.19. The highest BCUT2D eigenvalue weighted by Gasteiger charge is 2.54. The van der Waals surface area contributed by atoms with Crippen LogP contribution in [0.4, 0.5) is 9.18 Å². The number of likely N-dealkylation sites (tertiary alicyclic amines) is 2. The number of urea groups is 1. The van der Waals surface area contributed by atoms with E-state index in [1.54, 1.807) is 6.08 Å². The molecular formula is C21H28FN3O4. The van der Waals surface area contributed by atoms with Crippen molar-refractivity contribution in [2.75, 3.05) is 32.8 Å². The van der Waals surface area contributed by atoms with E-state index in [0.717, 1.165) is 32.4 Å². The van der Waals surface area contributed by atoms with E-state index >= 15 is 0 Å². The molecule has 0 unspecified atom stereocenters. The van der Waals surface area contributed by atoms with Crippen molar-refractivity contribution in [1.82, 2.24) is 15.1 Å². The van der Waals surface area contributed by atoms with Crippen molar-refractivity contribution >= 4 is 11.9 Å². The van der Waals surface area contributed by atoms with Crippen molar-refractivity contribution in [2.45, 2.75) is 50.7 Å². The number of aliphatic hydroxyl groups is 1. The van der Waals surface area contributed by atoms with Gasteiger partial charge in [-0.3, -0.25) is 4.79 Å². The highest BCUT2D eigenvalue weighted by molar-refractivity contribution is 5.79. The van der Waals surface area contributed by atoms with Gasteiger partial charge in [0.15, 0.2) is 0 Å². The Hall–Kier alpha value is -2.09. The summed E-state index contributed by atoms with van der Waals surface area (Å²) in [5, 5.41) is 12.9. The Bertz CT molecular complexity index is 781. The van der Waals surface area contributed by atoms with E-state index in [4.69, 9.17) is 4.74 Å². The molecule has 4 fully saturated rings. The van der Waals surface area contributed by atoms with Gasteiger partial charge in [0, 0.05) is 43.6 Å². The van der Waals surface area contributed by atoms with Crippen molar-refractivity contribution in [3.05, 3.63) is 23.2 Å². The minimum Gasteiger partial charge on any atom is -0.508 e. The minimum atomic E-state index is -0.168. The molecule has 3 aliphatic heterocycles. The van der Waals surface area contributed by atoms with Gasteiger partial charge in [-0.15, -0.1) is 0 Å². The molecule has 158 valence electrons. The topological polar surface area (TPSA) is 82.1 Å². The zero-order valence-electron chi connectivity index (χ0n) is 16.5. The van der Waals surface area contributed by atoms with E-state index in [0.29, 0.717) is 43.8 Å². The maximum atomic E-state index is 14.0. The first-order chi connectivity index (χ1) is 13.9. The highest BCUT2D eigenvalue weighted by Crippen LogP contribution is 2.54. The fourth-order valence-corrected chi connectivity index (χ4v) is 5.79. The van der Waals surface area contributed by atoms with Crippen molar-refractivity contribution in [1.29, 1.82) is 0 Å². The molecule has 7 nitrogen and oxygen atoms in total. The molecule has 3 saturated heterocycles. The fraction of sp³-hybridized carbons (Fsp3) is 0.714. The first-order valence-electron chi connectivity index (χ1n) is 10.6. The molecule has 3 heterocycles. The molecular weight excluding hydrogens is 377 g/mol. The molecule has 5 aliphatic rings. The van der Waals surface area contributed by atoms with E-state index in [9.17, 15) is 19.1 Å². The average Bonchev–Trinajstić information content (AvgIpc) is 2.63. The predicted molar refractivity (Wildman–Crippen MR) is 103 cm³/mol. The Balaban J connectivity index is 1.10. The Kier molecular flexibility index (Phi) is 4.57. The Labute approximate surface area is 169 Å². The van der Waals surface area contributed by atoms with Crippen LogP contribution in [-0.4, -0.2) is 71.8 Å². The molecule has 2 N–H and O–H groups in total. The number of nitrogens with one attached hydrogen (secondary N) is 1. The average molecular weight is 405 g/mol. The third kappa shape index (κ3) is 3.41. The Morgan fingerprint density at radius 1 is 1.34 bits per heavy atom. The second-order valence-corrected chi connectivity index (χ2v) is 9.39. The number of halogens is 1. The van der Waals surface area contributed by atoms with E-state index in [2.05, 4.69) is 5.32 Å². The third-order valence-electron chi connectivity index (χ3n) is 7.19. The molecule has 0 radical (unpaired) electrons. The summed E-state index contributed by atoms with van der Waals surface area (Å²) in [4.78, 5) is 28.1. The molecule has 8 heteroatoms. The lowest BCUT2D eigenvalue weighted by atomic mass is 9.56. The number of hydrogen-bond acceptors (Lipinski definition) is 4. The molecule has 3 amide bonds. The molecule has 1 spiro atoms. The number of aliphatic hydroxyl groups excluding tert-OH is 1. The van der Waals surface area contributed by atoms with Crippen LogP contribution >= 0.6 is 0 Å². The number of piperidine rings is 1. The maximum Gasteiger partial charge on any atom is 0.320 e. The smallest absolute Gasteiger partial charge is 0.320 e. The summed E-state index contributed by atoms with van der Waals surface area (Å²) >= 11 is 0. The lowest BCUT2D eigenvalue weighted by Crippen LogP contribution is -2.68. The molecule has 0 aromatic carbocycles. The van der Waals surface area contributed by atoms with Crippen LogP contribution in [0.25, 0.3) is 0 Å². The molecule has 1 saturated carbocycles. The SMILES string of the molecule is O=C1CO[C@H]2CCN(C(=O)N3CC4(CC(CC5=C(F)CCC=C5O)C4)C3)C[C@H]2N1. The van der Waals surface area contributed by atoms with Gasteiger partial charge in [-0.05, 0) is 44.1 Å². The van der Waals surface area contributed by atoms with E-state index in [1.807, 2.05) is 9.80 Å². The number of nitrogens with zero attached hydrogens (tertiary/aromatic N) is 2. The summed E-state index contributed by atoms with van der Waals surface area (Å²) in [7, 11) is 0. The summed E-state index contributed by atoms with van der Waals surface area (Å²) < 4.78 is 19.6. The quantitative estimate of drug-likeness (QED) is 0.738. The van der Waals surface area contributed by atoms with Crippen LogP contribution in [0.15, 0.2) is 23.2 Å². The zero-order chi connectivity index (χ0) is 20.2. The highest BCUT2D eigenvalue weighted by atomic mass is 19.1. The largest absolute Gasteiger partial charge is 0.508 e. The summed E-state index contributed by atoms with van der Waals surface area (Å²) in [5.41, 5.74) is 0.661. The molecule has 2 atom stereocenters. The van der Waals surface area contributed by atoms with Crippen LogP contribution in [0.5, 0.6) is 0 Å². The Morgan fingerprint density at radius 2 is 2.14 bits per heavy atom. The van der Waals surface area contributed by atoms with Crippen molar-refractivity contribution < 1.29 is 23.8 Å². The predicted octanol–water partition coefficient (Wildman–Crippen LogP) is 2.26. The standard InChI is InChI=1S/C21H28FN3O4/c22-15-2-1-3-17(26)14(15)6-13-7-21(8-13)11-25(12-21)20(28)24-5-4-18-16(9-24)23-19(27)10-29-18/h3,13,16,18,26H,1-2,4-12H2,(H,23,27)/t16-,18+/m1/s1. The number of hydrogen-bond donors (Lipinski definition) is 2. The van der Waals surface area contributed by atoms with Crippen molar-refractivity contribution in [3.63, 3.8) is 0 Å². The van der Waals surface area contributed by atoms with Crippen LogP contribution in [0.2, 0.25) is 0 Å². The monoisotopic (exact) mass is 405 g/mol. The zero-order valence-corrected chi connectivity index (χ0v) is 16.5. The van der Waals surface area contributed by atoms with E-state index in [1.165, 1.54) is 0 Å². The summed E-state index contributed by atoms with van der Waals surface area (Å²) in [6.45, 7) is 2.76. The van der Waals surface area contributed by atoms with Crippen molar-refractivity contribution in [3.8, 4) is 0 Å². The number of ether oxygens (including phenoxy) is 1. The number of carbonyl (C=O) groups excluding carboxylic acids is 2. The molecule has 0 bridgehead atoms. The number of rotatable bonds is 2. The number of allylic oxidation sites excluding steroid dienone is 3. The normalized spacial score (nSPS) is 31.6. The lowest BCUT2D eigenvalue weighted by Gasteiger charge is -2.60.